The van der Waals surface area contributed by atoms with E-state index in [9.17, 15) is 9.90 Å². The van der Waals surface area contributed by atoms with Crippen molar-refractivity contribution in [2.45, 2.75) is 38.6 Å². The zero-order chi connectivity index (χ0) is 22.2. The summed E-state index contributed by atoms with van der Waals surface area (Å²) in [6.45, 7) is 2.56. The van der Waals surface area contributed by atoms with Crippen molar-refractivity contribution in [2.75, 3.05) is 18.2 Å². The van der Waals surface area contributed by atoms with Crippen LogP contribution in [0.2, 0.25) is 0 Å². The van der Waals surface area contributed by atoms with Gasteiger partial charge in [0.15, 0.2) is 5.82 Å². The molecule has 0 aromatic carbocycles. The standard InChI is InChI=1S/C23H27N7O2/c1-15-3-8-19(26-11-15)21-20(13-28(27-21)17-6-4-16(14-31)5-7-17)30-12-18(22(24)32)23-25-9-2-10-29(23)30/h2-3,8-11,13,16-17,31H,4-7,12,14H2,1H3,(H2,24,32). The molecule has 0 saturated heterocycles. The van der Waals surface area contributed by atoms with Gasteiger partial charge >= 0.3 is 0 Å². The number of hydrazine groups is 1. The highest BCUT2D eigenvalue weighted by Gasteiger charge is 2.36. The van der Waals surface area contributed by atoms with Crippen LogP contribution in [0.15, 0.2) is 53.2 Å². The molecule has 0 spiro atoms. The number of nitrogens with two attached hydrogens (primary N) is 1. The smallest absolute Gasteiger partial charge is 0.250 e. The molecule has 1 saturated carbocycles. The minimum absolute atomic E-state index is 0.246. The number of pyridine rings is 1. The second-order valence-electron chi connectivity index (χ2n) is 8.61. The Morgan fingerprint density at radius 1 is 1.25 bits per heavy atom. The number of aliphatic hydroxyl groups is 1. The number of anilines is 1. The predicted molar refractivity (Wildman–Crippen MR) is 121 cm³/mol. The lowest BCUT2D eigenvalue weighted by atomic mass is 9.87. The van der Waals surface area contributed by atoms with E-state index in [0.29, 0.717) is 23.9 Å². The van der Waals surface area contributed by atoms with Gasteiger partial charge in [-0.2, -0.15) is 5.10 Å². The number of hydrogen-bond donors (Lipinski definition) is 2. The zero-order valence-corrected chi connectivity index (χ0v) is 18.1. The molecule has 1 fully saturated rings. The number of fused-ring (bicyclic) bond motifs is 1. The molecule has 166 valence electrons. The van der Waals surface area contributed by atoms with Crippen molar-refractivity contribution in [1.29, 1.82) is 0 Å². The van der Waals surface area contributed by atoms with Gasteiger partial charge in [0.25, 0.3) is 0 Å². The lowest BCUT2D eigenvalue weighted by molar-refractivity contribution is -0.114. The van der Waals surface area contributed by atoms with Gasteiger partial charge in [-0.15, -0.1) is 0 Å². The highest BCUT2D eigenvalue weighted by molar-refractivity contribution is 5.95. The van der Waals surface area contributed by atoms with E-state index in [0.717, 1.165) is 48.3 Å². The normalized spacial score (nSPS) is 22.6. The third kappa shape index (κ3) is 3.58. The molecular weight excluding hydrogens is 406 g/mol. The summed E-state index contributed by atoms with van der Waals surface area (Å²) < 4.78 is 2.03. The highest BCUT2D eigenvalue weighted by Crippen LogP contribution is 2.39. The molecule has 1 aliphatic carbocycles. The summed E-state index contributed by atoms with van der Waals surface area (Å²) in [5.74, 6) is 0.433. The fourth-order valence-electron chi connectivity index (χ4n) is 4.60. The Labute approximate surface area is 186 Å². The third-order valence-corrected chi connectivity index (χ3v) is 6.46. The average Bonchev–Trinajstić information content (AvgIpc) is 3.42. The van der Waals surface area contributed by atoms with Crippen molar-refractivity contribution in [2.24, 2.45) is 16.6 Å². The quantitative estimate of drug-likeness (QED) is 0.748. The maximum Gasteiger partial charge on any atom is 0.250 e. The van der Waals surface area contributed by atoms with Gasteiger partial charge in [-0.05, 0) is 56.2 Å². The van der Waals surface area contributed by atoms with Crippen LogP contribution in [0.4, 0.5) is 5.69 Å². The minimum Gasteiger partial charge on any atom is -0.396 e. The molecule has 32 heavy (non-hydrogen) atoms. The number of aliphatic imine (C=N–C) groups is 1. The minimum atomic E-state index is -0.482. The largest absolute Gasteiger partial charge is 0.396 e. The van der Waals surface area contributed by atoms with Crippen LogP contribution in [0.3, 0.4) is 0 Å². The first-order valence-electron chi connectivity index (χ1n) is 11.0. The van der Waals surface area contributed by atoms with Crippen molar-refractivity contribution in [3.63, 3.8) is 0 Å². The molecule has 5 rings (SSSR count). The molecule has 4 heterocycles. The first kappa shape index (κ1) is 20.4. The van der Waals surface area contributed by atoms with E-state index in [1.165, 1.54) is 0 Å². The van der Waals surface area contributed by atoms with E-state index in [2.05, 4.69) is 9.98 Å². The number of hydrogen-bond acceptors (Lipinski definition) is 7. The van der Waals surface area contributed by atoms with E-state index in [1.807, 2.05) is 58.4 Å². The topological polar surface area (TPSA) is 113 Å². The molecule has 0 bridgehead atoms. The van der Waals surface area contributed by atoms with E-state index >= 15 is 0 Å². The van der Waals surface area contributed by atoms with E-state index in [-0.39, 0.29) is 12.6 Å². The number of aryl methyl sites for hydroxylation is 1. The first-order valence-corrected chi connectivity index (χ1v) is 11.0. The molecule has 3 aliphatic rings. The van der Waals surface area contributed by atoms with Gasteiger partial charge in [-0.25, -0.2) is 10.0 Å². The van der Waals surface area contributed by atoms with E-state index in [1.54, 1.807) is 6.21 Å². The maximum atomic E-state index is 12.1. The van der Waals surface area contributed by atoms with Gasteiger partial charge in [0, 0.05) is 25.2 Å². The molecule has 9 heteroatoms. The molecular formula is C23H27N7O2. The van der Waals surface area contributed by atoms with Crippen LogP contribution >= 0.6 is 0 Å². The lowest BCUT2D eigenvalue weighted by Gasteiger charge is -2.30. The maximum absolute atomic E-state index is 12.1. The van der Waals surface area contributed by atoms with Crippen LogP contribution in [-0.4, -0.2) is 50.2 Å². The Kier molecular flexibility index (Phi) is 5.26. The van der Waals surface area contributed by atoms with Crippen LogP contribution in [0.25, 0.3) is 11.4 Å². The highest BCUT2D eigenvalue weighted by atomic mass is 16.3. The summed E-state index contributed by atoms with van der Waals surface area (Å²) in [5, 5.41) is 18.3. The van der Waals surface area contributed by atoms with Crippen molar-refractivity contribution in [1.82, 2.24) is 19.8 Å². The molecule has 9 nitrogen and oxygen atoms in total. The second-order valence-corrected chi connectivity index (χ2v) is 8.61. The molecule has 2 aromatic heterocycles. The van der Waals surface area contributed by atoms with Crippen molar-refractivity contribution >= 4 is 17.8 Å². The number of aliphatic hydroxyl groups excluding tert-OH is 1. The lowest BCUT2D eigenvalue weighted by Crippen LogP contribution is -2.34. The molecule has 0 radical (unpaired) electrons. The fraction of sp³-hybridized carbons (Fsp3) is 0.391. The van der Waals surface area contributed by atoms with Crippen molar-refractivity contribution in [3.8, 4) is 11.4 Å². The number of rotatable bonds is 5. The Bertz CT molecular complexity index is 1110. The van der Waals surface area contributed by atoms with Gasteiger partial charge in [0.2, 0.25) is 5.91 Å². The summed E-state index contributed by atoms with van der Waals surface area (Å²) in [5.41, 5.74) is 9.57. The van der Waals surface area contributed by atoms with Gasteiger partial charge in [0.05, 0.1) is 30.1 Å². The Balaban J connectivity index is 1.54. The Morgan fingerprint density at radius 2 is 2.06 bits per heavy atom. The van der Waals surface area contributed by atoms with Crippen LogP contribution in [0.1, 0.15) is 37.3 Å². The van der Waals surface area contributed by atoms with Crippen LogP contribution in [0, 0.1) is 12.8 Å². The van der Waals surface area contributed by atoms with Gasteiger partial charge in [-0.1, -0.05) is 6.07 Å². The molecule has 1 amide bonds. The number of primary amides is 1. The molecule has 3 N–H and O–H groups in total. The summed E-state index contributed by atoms with van der Waals surface area (Å²) in [6.07, 6.45) is 13.1. The first-order chi connectivity index (χ1) is 15.5. The van der Waals surface area contributed by atoms with E-state index < -0.39 is 5.91 Å². The van der Waals surface area contributed by atoms with Crippen molar-refractivity contribution in [3.05, 3.63) is 53.8 Å². The van der Waals surface area contributed by atoms with Gasteiger partial charge < -0.3 is 10.8 Å². The van der Waals surface area contributed by atoms with Crippen molar-refractivity contribution < 1.29 is 9.90 Å². The van der Waals surface area contributed by atoms with E-state index in [4.69, 9.17) is 10.8 Å². The summed E-state index contributed by atoms with van der Waals surface area (Å²) in [6, 6.07) is 4.25. The number of aromatic nitrogens is 3. The molecule has 0 unspecified atom stereocenters. The van der Waals surface area contributed by atoms with Gasteiger partial charge in [0.1, 0.15) is 11.4 Å². The Hall–Kier alpha value is -3.46. The van der Waals surface area contributed by atoms with Crippen LogP contribution in [0.5, 0.6) is 0 Å². The average molecular weight is 434 g/mol. The molecule has 2 aliphatic heterocycles. The third-order valence-electron chi connectivity index (χ3n) is 6.46. The van der Waals surface area contributed by atoms with Crippen LogP contribution in [-0.2, 0) is 4.79 Å². The zero-order valence-electron chi connectivity index (χ0n) is 18.1. The summed E-state index contributed by atoms with van der Waals surface area (Å²) >= 11 is 0. The number of allylic oxidation sites excluding steroid dienone is 1. The molecule has 2 aromatic rings. The number of carbonyl (C=O) groups excluding carboxylic acids is 1. The molecule has 0 atom stereocenters. The van der Waals surface area contributed by atoms with Crippen LogP contribution < -0.4 is 10.7 Å². The fourth-order valence-corrected chi connectivity index (χ4v) is 4.60. The SMILES string of the molecule is Cc1ccc(-c2nn(C3CCC(CO)CC3)cc2N2CC(C(N)=O)=C3N=CC=CN32)nc1. The number of nitrogens with zero attached hydrogens (tertiary/aromatic N) is 6. The Morgan fingerprint density at radius 3 is 2.75 bits per heavy atom. The monoisotopic (exact) mass is 433 g/mol. The van der Waals surface area contributed by atoms with Gasteiger partial charge in [-0.3, -0.25) is 19.5 Å². The summed E-state index contributed by atoms with van der Waals surface area (Å²) in [4.78, 5) is 21.1. The second kappa shape index (κ2) is 8.23. The summed E-state index contributed by atoms with van der Waals surface area (Å²) in [7, 11) is 0. The number of amides is 1. The predicted octanol–water partition coefficient (Wildman–Crippen LogP) is 2.31. The number of carbonyl (C=O) groups is 1.